The van der Waals surface area contributed by atoms with Crippen molar-refractivity contribution < 1.29 is 13.6 Å². The van der Waals surface area contributed by atoms with Gasteiger partial charge in [0.2, 0.25) is 5.76 Å². The molecule has 0 spiro atoms. The SMILES string of the molecule is O=C1c2oc3ccc(Br)cc3c(=O)c2[C@@H](c2ccc(Cl)c(Cl)c2)N1Cc1ccco1. The smallest absolute Gasteiger partial charge is 0.291 e. The van der Waals surface area contributed by atoms with Crippen LogP contribution in [0.5, 0.6) is 0 Å². The van der Waals surface area contributed by atoms with Crippen molar-refractivity contribution in [3.8, 4) is 0 Å². The number of furan rings is 1. The van der Waals surface area contributed by atoms with Gasteiger partial charge in [-0.25, -0.2) is 0 Å². The average molecular weight is 505 g/mol. The van der Waals surface area contributed by atoms with Gasteiger partial charge in [-0.05, 0) is 48.0 Å². The molecule has 2 aromatic carbocycles. The summed E-state index contributed by atoms with van der Waals surface area (Å²) in [5.74, 6) is 0.220. The van der Waals surface area contributed by atoms with Crippen LogP contribution < -0.4 is 5.43 Å². The molecule has 0 fully saturated rings. The summed E-state index contributed by atoms with van der Waals surface area (Å²) in [5.41, 5.74) is 1.02. The molecule has 0 unspecified atom stereocenters. The van der Waals surface area contributed by atoms with Crippen molar-refractivity contribution in [2.45, 2.75) is 12.6 Å². The van der Waals surface area contributed by atoms with E-state index in [2.05, 4.69) is 15.9 Å². The molecular formula is C22H12BrCl2NO4. The van der Waals surface area contributed by atoms with Crippen molar-refractivity contribution in [3.63, 3.8) is 0 Å². The van der Waals surface area contributed by atoms with Gasteiger partial charge in [-0.3, -0.25) is 9.59 Å². The molecule has 0 bridgehead atoms. The van der Waals surface area contributed by atoms with E-state index in [1.807, 2.05) is 0 Å². The second-order valence-electron chi connectivity index (χ2n) is 6.90. The first-order chi connectivity index (χ1) is 14.4. The lowest BCUT2D eigenvalue weighted by Crippen LogP contribution is -2.29. The summed E-state index contributed by atoms with van der Waals surface area (Å²) in [6, 6.07) is 13.0. The zero-order valence-corrected chi connectivity index (χ0v) is 18.3. The first kappa shape index (κ1) is 19.4. The molecule has 4 aromatic rings. The standard InChI is InChI=1S/C22H12BrCl2NO4/c23-12-4-6-17-14(9-12)20(27)18-19(11-3-5-15(24)16(25)8-11)26(22(28)21(18)30-17)10-13-2-1-7-29-13/h1-9,19H,10H2/t19-/m1/s1. The van der Waals surface area contributed by atoms with Crippen LogP contribution in [-0.4, -0.2) is 10.8 Å². The summed E-state index contributed by atoms with van der Waals surface area (Å²) >= 11 is 15.7. The maximum atomic E-state index is 13.5. The Morgan fingerprint density at radius 2 is 1.87 bits per heavy atom. The highest BCUT2D eigenvalue weighted by molar-refractivity contribution is 9.10. The Kier molecular flexibility index (Phi) is 4.73. The van der Waals surface area contributed by atoms with Crippen molar-refractivity contribution in [3.05, 3.63) is 102 Å². The van der Waals surface area contributed by atoms with E-state index in [1.54, 1.807) is 53.4 Å². The first-order valence-electron chi connectivity index (χ1n) is 8.98. The zero-order chi connectivity index (χ0) is 21.0. The second kappa shape index (κ2) is 7.30. The number of halogens is 3. The van der Waals surface area contributed by atoms with Gasteiger partial charge in [0.1, 0.15) is 11.3 Å². The van der Waals surface area contributed by atoms with Gasteiger partial charge in [-0.15, -0.1) is 0 Å². The summed E-state index contributed by atoms with van der Waals surface area (Å²) in [7, 11) is 0. The average Bonchev–Trinajstić information content (AvgIpc) is 3.33. The molecule has 0 aliphatic carbocycles. The Balaban J connectivity index is 1.77. The molecular weight excluding hydrogens is 493 g/mol. The van der Waals surface area contributed by atoms with E-state index in [0.717, 1.165) is 4.47 Å². The molecule has 5 rings (SSSR count). The zero-order valence-electron chi connectivity index (χ0n) is 15.2. The Labute approximate surface area is 188 Å². The third-order valence-electron chi connectivity index (χ3n) is 5.09. The highest BCUT2D eigenvalue weighted by Gasteiger charge is 2.43. The third-order valence-corrected chi connectivity index (χ3v) is 6.33. The van der Waals surface area contributed by atoms with Crippen LogP contribution in [0.1, 0.15) is 33.5 Å². The Morgan fingerprint density at radius 1 is 1.03 bits per heavy atom. The predicted molar refractivity (Wildman–Crippen MR) is 117 cm³/mol. The van der Waals surface area contributed by atoms with Crippen molar-refractivity contribution >= 4 is 56.0 Å². The number of carbonyl (C=O) groups is 1. The van der Waals surface area contributed by atoms with Gasteiger partial charge in [0, 0.05) is 4.47 Å². The van der Waals surface area contributed by atoms with Gasteiger partial charge in [0.25, 0.3) is 5.91 Å². The fourth-order valence-corrected chi connectivity index (χ4v) is 4.42. The van der Waals surface area contributed by atoms with Gasteiger partial charge < -0.3 is 13.7 Å². The Hall–Kier alpha value is -2.54. The number of rotatable bonds is 3. The lowest BCUT2D eigenvalue weighted by Gasteiger charge is -2.24. The monoisotopic (exact) mass is 503 g/mol. The van der Waals surface area contributed by atoms with Crippen LogP contribution in [0.3, 0.4) is 0 Å². The number of carbonyl (C=O) groups excluding carboxylic acids is 1. The van der Waals surface area contributed by atoms with E-state index in [9.17, 15) is 9.59 Å². The molecule has 2 aromatic heterocycles. The van der Waals surface area contributed by atoms with E-state index in [1.165, 1.54) is 6.26 Å². The maximum Gasteiger partial charge on any atom is 0.291 e. The number of benzene rings is 2. The molecule has 1 aliphatic heterocycles. The molecule has 1 amide bonds. The van der Waals surface area contributed by atoms with Crippen molar-refractivity contribution in [1.29, 1.82) is 0 Å². The molecule has 5 nitrogen and oxygen atoms in total. The van der Waals surface area contributed by atoms with Crippen molar-refractivity contribution in [1.82, 2.24) is 4.90 Å². The largest absolute Gasteiger partial charge is 0.467 e. The molecule has 8 heteroatoms. The second-order valence-corrected chi connectivity index (χ2v) is 8.63. The van der Waals surface area contributed by atoms with E-state index < -0.39 is 6.04 Å². The van der Waals surface area contributed by atoms with E-state index >= 15 is 0 Å². The van der Waals surface area contributed by atoms with Crippen LogP contribution in [0.25, 0.3) is 11.0 Å². The highest BCUT2D eigenvalue weighted by atomic mass is 79.9. The van der Waals surface area contributed by atoms with Gasteiger partial charge in [0.15, 0.2) is 5.43 Å². The normalized spacial score (nSPS) is 15.8. The van der Waals surface area contributed by atoms with Crippen LogP contribution in [0, 0.1) is 0 Å². The molecule has 150 valence electrons. The molecule has 0 saturated heterocycles. The van der Waals surface area contributed by atoms with Gasteiger partial charge in [0.05, 0.1) is 39.8 Å². The van der Waals surface area contributed by atoms with Crippen molar-refractivity contribution in [2.24, 2.45) is 0 Å². The molecule has 1 atom stereocenters. The molecule has 0 saturated carbocycles. The van der Waals surface area contributed by atoms with Crippen LogP contribution in [0.4, 0.5) is 0 Å². The number of hydrogen-bond donors (Lipinski definition) is 0. The van der Waals surface area contributed by atoms with E-state index in [-0.39, 0.29) is 29.2 Å². The van der Waals surface area contributed by atoms with Gasteiger partial charge >= 0.3 is 0 Å². The summed E-state index contributed by atoms with van der Waals surface area (Å²) < 4.78 is 12.1. The Bertz CT molecular complexity index is 1360. The van der Waals surface area contributed by atoms with E-state index in [0.29, 0.717) is 32.3 Å². The predicted octanol–water partition coefficient (Wildman–Crippen LogP) is 6.20. The third kappa shape index (κ3) is 3.07. The van der Waals surface area contributed by atoms with Crippen LogP contribution >= 0.6 is 39.1 Å². The number of nitrogens with zero attached hydrogens (tertiary/aromatic N) is 1. The van der Waals surface area contributed by atoms with E-state index in [4.69, 9.17) is 32.0 Å². The quantitative estimate of drug-likeness (QED) is 0.333. The summed E-state index contributed by atoms with van der Waals surface area (Å²) in [6.45, 7) is 0.167. The maximum absolute atomic E-state index is 13.5. The van der Waals surface area contributed by atoms with Crippen LogP contribution in [0.2, 0.25) is 10.0 Å². The molecule has 1 aliphatic rings. The number of amides is 1. The summed E-state index contributed by atoms with van der Waals surface area (Å²) in [4.78, 5) is 28.3. The fraction of sp³-hybridized carbons (Fsp3) is 0.0909. The summed E-state index contributed by atoms with van der Waals surface area (Å²) in [5, 5.41) is 1.11. The van der Waals surface area contributed by atoms with Gasteiger partial charge in [-0.1, -0.05) is 45.2 Å². The minimum Gasteiger partial charge on any atom is -0.467 e. The lowest BCUT2D eigenvalue weighted by molar-refractivity contribution is 0.0701. The molecule has 30 heavy (non-hydrogen) atoms. The van der Waals surface area contributed by atoms with Crippen LogP contribution in [-0.2, 0) is 6.54 Å². The Morgan fingerprint density at radius 3 is 2.60 bits per heavy atom. The minimum absolute atomic E-state index is 0.0254. The minimum atomic E-state index is -0.688. The van der Waals surface area contributed by atoms with Gasteiger partial charge in [-0.2, -0.15) is 0 Å². The lowest BCUT2D eigenvalue weighted by atomic mass is 9.98. The first-order valence-corrected chi connectivity index (χ1v) is 10.5. The highest BCUT2D eigenvalue weighted by Crippen LogP contribution is 2.40. The molecule has 0 radical (unpaired) electrons. The number of hydrogen-bond acceptors (Lipinski definition) is 4. The molecule has 0 N–H and O–H groups in total. The number of fused-ring (bicyclic) bond motifs is 2. The fourth-order valence-electron chi connectivity index (χ4n) is 3.76. The van der Waals surface area contributed by atoms with Crippen LogP contribution in [0.15, 0.2) is 72.9 Å². The molecule has 3 heterocycles. The summed E-state index contributed by atoms with van der Waals surface area (Å²) in [6.07, 6.45) is 1.53. The van der Waals surface area contributed by atoms with Crippen molar-refractivity contribution in [2.75, 3.05) is 0 Å². The topological polar surface area (TPSA) is 63.7 Å².